The number of carbonyl (C=O) groups is 2. The summed E-state index contributed by atoms with van der Waals surface area (Å²) in [6.07, 6.45) is 3.42. The van der Waals surface area contributed by atoms with Crippen molar-refractivity contribution in [2.75, 3.05) is 57.6 Å². The molecule has 1 saturated heterocycles. The number of hydrogen-bond acceptors (Lipinski definition) is 10. The Hall–Kier alpha value is -4.10. The number of aromatic nitrogens is 5. The maximum atomic E-state index is 12.8. The van der Waals surface area contributed by atoms with Gasteiger partial charge in [0.15, 0.2) is 17.3 Å². The van der Waals surface area contributed by atoms with E-state index >= 15 is 0 Å². The van der Waals surface area contributed by atoms with Crippen LogP contribution < -0.4 is 20.7 Å². The van der Waals surface area contributed by atoms with Crippen molar-refractivity contribution in [2.24, 2.45) is 5.92 Å². The van der Waals surface area contributed by atoms with Gasteiger partial charge >= 0.3 is 0 Å². The highest BCUT2D eigenvalue weighted by molar-refractivity contribution is 6.00. The number of hydrogen-bond donors (Lipinski definition) is 3. The monoisotopic (exact) mass is 524 g/mol. The molecule has 200 valence electrons. The average molecular weight is 525 g/mol. The highest BCUT2D eigenvalue weighted by Crippen LogP contribution is 2.38. The van der Waals surface area contributed by atoms with Crippen LogP contribution in [0.3, 0.4) is 0 Å². The number of amides is 2. The first kappa shape index (κ1) is 21.9. The predicted octanol–water partition coefficient (Wildman–Crippen LogP) is 1.53. The van der Waals surface area contributed by atoms with Crippen molar-refractivity contribution in [1.29, 1.82) is 0 Å². The molecule has 0 atom stereocenters. The van der Waals surface area contributed by atoms with E-state index in [2.05, 4.69) is 36.0 Å². The van der Waals surface area contributed by atoms with E-state index in [9.17, 15) is 9.59 Å². The summed E-state index contributed by atoms with van der Waals surface area (Å²) in [7, 11) is 1.50. The lowest BCUT2D eigenvalue weighted by atomic mass is 10.1. The van der Waals surface area contributed by atoms with Gasteiger partial charge in [0, 0.05) is 48.3 Å². The Balaban J connectivity index is 1.40. The molecule has 1 aromatic carbocycles. The van der Waals surface area contributed by atoms with E-state index in [0.717, 1.165) is 45.7 Å². The molecule has 2 aliphatic rings. The molecule has 0 unspecified atom stereocenters. The van der Waals surface area contributed by atoms with E-state index in [1.807, 2.05) is 17.6 Å². The minimum absolute atomic E-state index is 0.0780. The summed E-state index contributed by atoms with van der Waals surface area (Å²) in [6, 6.07) is 6.75. The van der Waals surface area contributed by atoms with E-state index in [4.69, 9.17) is 13.6 Å². The zero-order valence-electron chi connectivity index (χ0n) is 23.9. The number of anilines is 3. The molecule has 3 aromatic rings. The quantitative estimate of drug-likeness (QED) is 0.356. The van der Waals surface area contributed by atoms with Crippen molar-refractivity contribution in [3.8, 4) is 17.0 Å². The molecule has 3 N–H and O–H groups in total. The topological polar surface area (TPSA) is 148 Å². The van der Waals surface area contributed by atoms with E-state index in [-0.39, 0.29) is 29.0 Å². The van der Waals surface area contributed by atoms with Crippen LogP contribution in [-0.2, 0) is 16.1 Å². The van der Waals surface area contributed by atoms with Gasteiger partial charge in [0.2, 0.25) is 5.91 Å². The smallest absolute Gasteiger partial charge is 0.273 e. The SMILES string of the molecule is [2H]C([2H])([2H])NC(=O)c1nnc(NC(=O)C2CC2)cc1Nc1cccc(-c2cn(CCN3CCOCC3)nn2)c1OC. The van der Waals surface area contributed by atoms with Crippen molar-refractivity contribution in [1.82, 2.24) is 35.4 Å². The van der Waals surface area contributed by atoms with Gasteiger partial charge < -0.3 is 25.4 Å². The molecule has 3 heterocycles. The van der Waals surface area contributed by atoms with E-state index in [0.29, 0.717) is 29.2 Å². The number of carbonyl (C=O) groups excluding carboxylic acids is 2. The van der Waals surface area contributed by atoms with Gasteiger partial charge in [-0.25, -0.2) is 0 Å². The molecule has 13 heteroatoms. The van der Waals surface area contributed by atoms with Gasteiger partial charge in [0.1, 0.15) is 5.69 Å². The summed E-state index contributed by atoms with van der Waals surface area (Å²) in [5.41, 5.74) is 1.53. The highest BCUT2D eigenvalue weighted by Gasteiger charge is 2.30. The minimum atomic E-state index is -2.74. The van der Waals surface area contributed by atoms with Crippen molar-refractivity contribution in [2.45, 2.75) is 19.4 Å². The van der Waals surface area contributed by atoms with Crippen LogP contribution in [0.2, 0.25) is 0 Å². The minimum Gasteiger partial charge on any atom is -0.494 e. The lowest BCUT2D eigenvalue weighted by molar-refractivity contribution is -0.117. The number of nitrogens with one attached hydrogen (secondary N) is 3. The lowest BCUT2D eigenvalue weighted by Gasteiger charge is -2.26. The Labute approximate surface area is 224 Å². The predicted molar refractivity (Wildman–Crippen MR) is 139 cm³/mol. The van der Waals surface area contributed by atoms with Gasteiger partial charge in [-0.3, -0.25) is 19.2 Å². The molecular weight excluding hydrogens is 490 g/mol. The summed E-state index contributed by atoms with van der Waals surface area (Å²) in [5.74, 6) is -0.700. The number of ether oxygens (including phenoxy) is 2. The van der Waals surface area contributed by atoms with Gasteiger partial charge in [0.25, 0.3) is 5.91 Å². The van der Waals surface area contributed by atoms with E-state index in [1.165, 1.54) is 13.2 Å². The summed E-state index contributed by atoms with van der Waals surface area (Å²) in [5, 5.41) is 24.1. The molecule has 1 saturated carbocycles. The zero-order chi connectivity index (χ0) is 29.0. The second kappa shape index (κ2) is 11.5. The van der Waals surface area contributed by atoms with Crippen LogP contribution in [0.5, 0.6) is 5.75 Å². The van der Waals surface area contributed by atoms with E-state index in [1.54, 1.807) is 16.8 Å². The second-order valence-corrected chi connectivity index (χ2v) is 9.04. The van der Waals surface area contributed by atoms with Gasteiger partial charge in [-0.2, -0.15) is 0 Å². The number of para-hydroxylation sites is 1. The maximum absolute atomic E-state index is 12.8. The van der Waals surface area contributed by atoms with Crippen molar-refractivity contribution in [3.05, 3.63) is 36.2 Å². The molecule has 0 spiro atoms. The highest BCUT2D eigenvalue weighted by atomic mass is 16.5. The van der Waals surface area contributed by atoms with Crippen molar-refractivity contribution < 1.29 is 23.2 Å². The van der Waals surface area contributed by atoms with Gasteiger partial charge in [-0.05, 0) is 25.0 Å². The van der Waals surface area contributed by atoms with Crippen LogP contribution in [0.25, 0.3) is 11.3 Å². The van der Waals surface area contributed by atoms with Crippen LogP contribution in [-0.4, -0.2) is 88.8 Å². The normalized spacial score (nSPS) is 17.1. The molecule has 2 aromatic heterocycles. The fourth-order valence-corrected chi connectivity index (χ4v) is 4.15. The van der Waals surface area contributed by atoms with Gasteiger partial charge in [-0.1, -0.05) is 11.3 Å². The zero-order valence-corrected chi connectivity index (χ0v) is 20.9. The molecular formula is C25H31N9O4. The standard InChI is InChI=1S/C25H31N9O4/c1-26-25(36)22-19(14-21(30-31-22)28-24(35)16-6-7-16)27-18-5-3-4-17(23(18)37-2)20-15-34(32-29-20)9-8-33-10-12-38-13-11-33/h3-5,14-16H,6-13H2,1-2H3,(H,26,36)(H2,27,28,30,35)/i1D3. The van der Waals surface area contributed by atoms with Crippen LogP contribution in [0.1, 0.15) is 27.4 Å². The molecule has 5 rings (SSSR count). The third kappa shape index (κ3) is 5.89. The first-order valence-electron chi connectivity index (χ1n) is 13.9. The van der Waals surface area contributed by atoms with E-state index < -0.39 is 12.9 Å². The summed E-state index contributed by atoms with van der Waals surface area (Å²) in [6.45, 7) is 1.95. The Morgan fingerprint density at radius 2 is 2.00 bits per heavy atom. The molecule has 1 aliphatic carbocycles. The molecule has 13 nitrogen and oxygen atoms in total. The number of rotatable bonds is 10. The molecule has 0 bridgehead atoms. The molecule has 2 amide bonds. The van der Waals surface area contributed by atoms with Crippen LogP contribution in [0.4, 0.5) is 17.2 Å². The average Bonchev–Trinajstić information content (AvgIpc) is 3.69. The first-order chi connectivity index (χ1) is 19.7. The van der Waals surface area contributed by atoms with Crippen LogP contribution in [0.15, 0.2) is 30.5 Å². The largest absolute Gasteiger partial charge is 0.494 e. The number of methoxy groups -OCH3 is 1. The number of morpholine rings is 1. The Morgan fingerprint density at radius 3 is 2.76 bits per heavy atom. The molecule has 0 radical (unpaired) electrons. The Kier molecular flexibility index (Phi) is 6.65. The third-order valence-electron chi connectivity index (χ3n) is 6.37. The molecule has 2 fully saturated rings. The van der Waals surface area contributed by atoms with Crippen LogP contribution in [0, 0.1) is 5.92 Å². The summed E-state index contributed by atoms with van der Waals surface area (Å²) in [4.78, 5) is 27.4. The van der Waals surface area contributed by atoms with Gasteiger partial charge in [-0.15, -0.1) is 15.3 Å². The van der Waals surface area contributed by atoms with Crippen LogP contribution >= 0.6 is 0 Å². The van der Waals surface area contributed by atoms with Crippen molar-refractivity contribution >= 4 is 29.0 Å². The number of benzene rings is 1. The second-order valence-electron chi connectivity index (χ2n) is 9.04. The fraction of sp³-hybridized carbons (Fsp3) is 0.440. The molecule has 38 heavy (non-hydrogen) atoms. The number of nitrogens with zero attached hydrogens (tertiary/aromatic N) is 6. The van der Waals surface area contributed by atoms with Crippen molar-refractivity contribution in [3.63, 3.8) is 0 Å². The fourth-order valence-electron chi connectivity index (χ4n) is 4.15. The molecule has 1 aliphatic heterocycles. The first-order valence-corrected chi connectivity index (χ1v) is 12.4. The Bertz CT molecular complexity index is 1410. The van der Waals surface area contributed by atoms with Gasteiger partial charge in [0.05, 0.1) is 44.4 Å². The summed E-state index contributed by atoms with van der Waals surface area (Å²) >= 11 is 0. The lowest BCUT2D eigenvalue weighted by Crippen LogP contribution is -2.38. The third-order valence-corrected chi connectivity index (χ3v) is 6.37. The summed E-state index contributed by atoms with van der Waals surface area (Å²) < 4.78 is 35.1. The Morgan fingerprint density at radius 1 is 1.16 bits per heavy atom. The maximum Gasteiger partial charge on any atom is 0.273 e.